The van der Waals surface area contributed by atoms with Crippen LogP contribution in [0, 0.1) is 5.41 Å². The molecule has 0 atom stereocenters. The van der Waals surface area contributed by atoms with E-state index in [4.69, 9.17) is 5.11 Å². The molecule has 18 heavy (non-hydrogen) atoms. The number of amides is 2. The summed E-state index contributed by atoms with van der Waals surface area (Å²) in [5.74, 6) is -1.80. The van der Waals surface area contributed by atoms with Crippen molar-refractivity contribution in [1.82, 2.24) is 10.6 Å². The fraction of sp³-hybridized carbons (Fsp3) is 0.750. The highest BCUT2D eigenvalue weighted by Gasteiger charge is 2.30. The van der Waals surface area contributed by atoms with Crippen molar-refractivity contribution in [2.75, 3.05) is 6.54 Å². The molecule has 0 aromatic carbocycles. The molecule has 0 spiro atoms. The minimum absolute atomic E-state index is 0.147. The minimum atomic E-state index is -1.13. The Kier molecular flexibility index (Phi) is 5.32. The second-order valence-corrected chi connectivity index (χ2v) is 5.94. The van der Waals surface area contributed by atoms with Crippen molar-refractivity contribution < 1.29 is 19.5 Å². The summed E-state index contributed by atoms with van der Waals surface area (Å²) in [6.07, 6.45) is -0.162. The molecule has 0 radical (unpaired) electrons. The third-order valence-corrected chi connectivity index (χ3v) is 2.14. The maximum absolute atomic E-state index is 11.5. The SMILES string of the molecule is CC(C)(C)NC(=O)CNC(=O)CC(C)(C)C(=O)O. The van der Waals surface area contributed by atoms with E-state index in [1.165, 1.54) is 13.8 Å². The molecule has 0 saturated carbocycles. The van der Waals surface area contributed by atoms with Crippen LogP contribution < -0.4 is 10.6 Å². The zero-order valence-corrected chi connectivity index (χ0v) is 11.6. The van der Waals surface area contributed by atoms with Gasteiger partial charge >= 0.3 is 5.97 Å². The van der Waals surface area contributed by atoms with E-state index in [-0.39, 0.29) is 24.4 Å². The number of carboxylic acids is 1. The van der Waals surface area contributed by atoms with E-state index in [2.05, 4.69) is 10.6 Å². The quantitative estimate of drug-likeness (QED) is 0.670. The van der Waals surface area contributed by atoms with Crippen LogP contribution in [-0.2, 0) is 14.4 Å². The van der Waals surface area contributed by atoms with Crippen LogP contribution in [0.3, 0.4) is 0 Å². The Hall–Kier alpha value is -1.59. The van der Waals surface area contributed by atoms with Gasteiger partial charge in [0.05, 0.1) is 12.0 Å². The summed E-state index contributed by atoms with van der Waals surface area (Å²) < 4.78 is 0. The maximum Gasteiger partial charge on any atom is 0.309 e. The number of nitrogens with one attached hydrogen (secondary N) is 2. The monoisotopic (exact) mass is 258 g/mol. The number of hydrogen-bond acceptors (Lipinski definition) is 3. The Morgan fingerprint density at radius 1 is 1.00 bits per heavy atom. The number of carboxylic acid groups (broad SMARTS) is 1. The highest BCUT2D eigenvalue weighted by Crippen LogP contribution is 2.19. The van der Waals surface area contributed by atoms with Crippen LogP contribution in [0.4, 0.5) is 0 Å². The lowest BCUT2D eigenvalue weighted by Crippen LogP contribution is -2.46. The Morgan fingerprint density at radius 2 is 1.50 bits per heavy atom. The molecule has 0 heterocycles. The van der Waals surface area contributed by atoms with E-state index >= 15 is 0 Å². The van der Waals surface area contributed by atoms with Crippen molar-refractivity contribution in [3.05, 3.63) is 0 Å². The lowest BCUT2D eigenvalue weighted by molar-refractivity contribution is -0.149. The first kappa shape index (κ1) is 16.4. The molecule has 0 rings (SSSR count). The van der Waals surface area contributed by atoms with Gasteiger partial charge in [0.15, 0.2) is 0 Å². The number of carbonyl (C=O) groups excluding carboxylic acids is 2. The molecule has 0 aromatic heterocycles. The smallest absolute Gasteiger partial charge is 0.309 e. The summed E-state index contributed by atoms with van der Waals surface area (Å²) in [6.45, 7) is 8.28. The average Bonchev–Trinajstić information content (AvgIpc) is 2.11. The Morgan fingerprint density at radius 3 is 1.89 bits per heavy atom. The predicted octanol–water partition coefficient (Wildman–Crippen LogP) is 0.518. The predicted molar refractivity (Wildman–Crippen MR) is 66.9 cm³/mol. The molecule has 3 N–H and O–H groups in total. The molecule has 6 heteroatoms. The molecule has 0 aliphatic rings. The van der Waals surface area contributed by atoms with E-state index in [0.29, 0.717) is 0 Å². The fourth-order valence-electron chi connectivity index (χ4n) is 1.18. The van der Waals surface area contributed by atoms with Crippen LogP contribution in [0.15, 0.2) is 0 Å². The van der Waals surface area contributed by atoms with Gasteiger partial charge in [-0.15, -0.1) is 0 Å². The summed E-state index contributed by atoms with van der Waals surface area (Å²) in [5.41, 5.74) is -1.49. The standard InChI is InChI=1S/C12H22N2O4/c1-11(2,3)14-9(16)7-13-8(15)6-12(4,5)10(17)18/h6-7H2,1-5H3,(H,13,15)(H,14,16)(H,17,18). The largest absolute Gasteiger partial charge is 0.481 e. The molecule has 2 amide bonds. The van der Waals surface area contributed by atoms with Gasteiger partial charge in [0.1, 0.15) is 0 Å². The normalized spacial score (nSPS) is 11.8. The van der Waals surface area contributed by atoms with Gasteiger partial charge in [0, 0.05) is 12.0 Å². The molecular formula is C12H22N2O4. The first-order chi connectivity index (χ1) is 7.94. The Labute approximate surface area is 107 Å². The van der Waals surface area contributed by atoms with Gasteiger partial charge in [-0.25, -0.2) is 0 Å². The molecule has 0 aromatic rings. The number of aliphatic carboxylic acids is 1. The van der Waals surface area contributed by atoms with Crippen molar-refractivity contribution in [3.63, 3.8) is 0 Å². The van der Waals surface area contributed by atoms with Gasteiger partial charge in [-0.1, -0.05) is 0 Å². The zero-order valence-electron chi connectivity index (χ0n) is 11.6. The minimum Gasteiger partial charge on any atom is -0.481 e. The van der Waals surface area contributed by atoms with Crippen molar-refractivity contribution in [3.8, 4) is 0 Å². The van der Waals surface area contributed by atoms with Crippen LogP contribution in [0.2, 0.25) is 0 Å². The zero-order chi connectivity index (χ0) is 14.6. The molecule has 6 nitrogen and oxygen atoms in total. The van der Waals surface area contributed by atoms with Gasteiger partial charge < -0.3 is 15.7 Å². The molecule has 0 fully saturated rings. The molecule has 104 valence electrons. The summed E-state index contributed by atoms with van der Waals surface area (Å²) in [4.78, 5) is 33.7. The van der Waals surface area contributed by atoms with Gasteiger partial charge in [-0.05, 0) is 34.6 Å². The number of rotatable bonds is 5. The van der Waals surface area contributed by atoms with Crippen LogP contribution in [0.5, 0.6) is 0 Å². The Bertz CT molecular complexity index is 342. The third-order valence-electron chi connectivity index (χ3n) is 2.14. The molecule has 0 aliphatic heterocycles. The second kappa shape index (κ2) is 5.84. The molecule has 0 unspecified atom stereocenters. The first-order valence-electron chi connectivity index (χ1n) is 5.75. The van der Waals surface area contributed by atoms with Crippen LogP contribution in [0.25, 0.3) is 0 Å². The van der Waals surface area contributed by atoms with Crippen molar-refractivity contribution in [2.24, 2.45) is 5.41 Å². The number of hydrogen-bond donors (Lipinski definition) is 3. The fourth-order valence-corrected chi connectivity index (χ4v) is 1.18. The maximum atomic E-state index is 11.5. The summed E-state index contributed by atoms with van der Waals surface area (Å²) in [7, 11) is 0. The van der Waals surface area contributed by atoms with Crippen molar-refractivity contribution in [2.45, 2.75) is 46.6 Å². The molecule has 0 saturated heterocycles. The first-order valence-corrected chi connectivity index (χ1v) is 5.75. The van der Waals surface area contributed by atoms with Gasteiger partial charge in [-0.3, -0.25) is 14.4 Å². The van der Waals surface area contributed by atoms with Crippen LogP contribution >= 0.6 is 0 Å². The van der Waals surface area contributed by atoms with Crippen molar-refractivity contribution in [1.29, 1.82) is 0 Å². The van der Waals surface area contributed by atoms with E-state index in [9.17, 15) is 14.4 Å². The highest BCUT2D eigenvalue weighted by molar-refractivity contribution is 5.88. The van der Waals surface area contributed by atoms with Gasteiger partial charge in [0.25, 0.3) is 0 Å². The van der Waals surface area contributed by atoms with Crippen molar-refractivity contribution >= 4 is 17.8 Å². The summed E-state index contributed by atoms with van der Waals surface area (Å²) >= 11 is 0. The highest BCUT2D eigenvalue weighted by atomic mass is 16.4. The Balaban J connectivity index is 4.13. The molecular weight excluding hydrogens is 236 g/mol. The lowest BCUT2D eigenvalue weighted by Gasteiger charge is -2.21. The average molecular weight is 258 g/mol. The van der Waals surface area contributed by atoms with Crippen LogP contribution in [-0.4, -0.2) is 35.0 Å². The molecule has 0 aliphatic carbocycles. The van der Waals surface area contributed by atoms with E-state index < -0.39 is 17.3 Å². The summed E-state index contributed by atoms with van der Waals surface area (Å²) in [6, 6.07) is 0. The summed E-state index contributed by atoms with van der Waals surface area (Å²) in [5, 5.41) is 14.0. The van der Waals surface area contributed by atoms with E-state index in [1.54, 1.807) is 0 Å². The topological polar surface area (TPSA) is 95.5 Å². The van der Waals surface area contributed by atoms with E-state index in [0.717, 1.165) is 0 Å². The van der Waals surface area contributed by atoms with Gasteiger partial charge in [0.2, 0.25) is 11.8 Å². The van der Waals surface area contributed by atoms with Gasteiger partial charge in [-0.2, -0.15) is 0 Å². The second-order valence-electron chi connectivity index (χ2n) is 5.94. The van der Waals surface area contributed by atoms with E-state index in [1.807, 2.05) is 20.8 Å². The third kappa shape index (κ3) is 6.88. The number of carbonyl (C=O) groups is 3. The lowest BCUT2D eigenvalue weighted by atomic mass is 9.89. The van der Waals surface area contributed by atoms with Crippen LogP contribution in [0.1, 0.15) is 41.0 Å². The molecule has 0 bridgehead atoms.